The van der Waals surface area contributed by atoms with Crippen LogP contribution >= 0.6 is 0 Å². The Morgan fingerprint density at radius 1 is 1.12 bits per heavy atom. The van der Waals surface area contributed by atoms with E-state index in [9.17, 15) is 9.90 Å². The molecule has 0 radical (unpaired) electrons. The monoisotopic (exact) mass is 345 g/mol. The number of carbonyl (C=O) groups is 1. The molecule has 136 valence electrons. The van der Waals surface area contributed by atoms with Crippen molar-refractivity contribution in [1.29, 1.82) is 0 Å². The molecule has 1 aromatic rings. The van der Waals surface area contributed by atoms with Crippen LogP contribution in [0.2, 0.25) is 0 Å². The van der Waals surface area contributed by atoms with Gasteiger partial charge in [-0.25, -0.2) is 9.97 Å². The lowest BCUT2D eigenvalue weighted by Crippen LogP contribution is -2.45. The fourth-order valence-electron chi connectivity index (χ4n) is 4.21. The van der Waals surface area contributed by atoms with Crippen molar-refractivity contribution in [3.63, 3.8) is 0 Å². The number of hydrogen-bond donors (Lipinski definition) is 1. The fourth-order valence-corrected chi connectivity index (χ4v) is 4.21. The van der Waals surface area contributed by atoms with Crippen LogP contribution in [0.1, 0.15) is 61.9 Å². The first-order valence-corrected chi connectivity index (χ1v) is 9.66. The Balaban J connectivity index is 1.41. The molecule has 2 aliphatic carbocycles. The van der Waals surface area contributed by atoms with E-state index in [0.717, 1.165) is 45.1 Å². The number of amides is 1. The molecule has 6 heteroatoms. The van der Waals surface area contributed by atoms with Crippen molar-refractivity contribution in [2.75, 3.05) is 13.2 Å². The smallest absolute Gasteiger partial charge is 0.274 e. The lowest BCUT2D eigenvalue weighted by molar-refractivity contribution is 0.0209. The third-order valence-electron chi connectivity index (χ3n) is 5.85. The van der Waals surface area contributed by atoms with Gasteiger partial charge < -0.3 is 14.7 Å². The topological polar surface area (TPSA) is 75.5 Å². The van der Waals surface area contributed by atoms with E-state index in [1.807, 2.05) is 4.90 Å². The minimum absolute atomic E-state index is 0.0680. The molecule has 2 heterocycles. The quantitative estimate of drug-likeness (QED) is 0.887. The van der Waals surface area contributed by atoms with Crippen LogP contribution in [0.3, 0.4) is 0 Å². The number of nitrogens with zero attached hydrogens (tertiary/aromatic N) is 3. The summed E-state index contributed by atoms with van der Waals surface area (Å²) >= 11 is 0. The summed E-state index contributed by atoms with van der Waals surface area (Å²) in [7, 11) is 0. The summed E-state index contributed by atoms with van der Waals surface area (Å²) < 4.78 is 5.59. The second-order valence-corrected chi connectivity index (χ2v) is 7.72. The summed E-state index contributed by atoms with van der Waals surface area (Å²) in [5, 5.41) is 10.4. The van der Waals surface area contributed by atoms with E-state index in [4.69, 9.17) is 4.74 Å². The van der Waals surface area contributed by atoms with Gasteiger partial charge in [0.25, 0.3) is 5.91 Å². The first-order valence-electron chi connectivity index (χ1n) is 9.66. The van der Waals surface area contributed by atoms with Crippen LogP contribution in [0.4, 0.5) is 0 Å². The fraction of sp³-hybridized carbons (Fsp3) is 0.737. The molecule has 3 aliphatic rings. The number of carbonyl (C=O) groups excluding carboxylic acids is 1. The Hall–Kier alpha value is -1.69. The van der Waals surface area contributed by atoms with E-state index < -0.39 is 0 Å². The zero-order valence-electron chi connectivity index (χ0n) is 14.6. The van der Waals surface area contributed by atoms with Gasteiger partial charge >= 0.3 is 0 Å². The molecule has 0 spiro atoms. The summed E-state index contributed by atoms with van der Waals surface area (Å²) in [6.45, 7) is 1.43. The van der Waals surface area contributed by atoms with E-state index in [1.165, 1.54) is 19.0 Å². The third-order valence-corrected chi connectivity index (χ3v) is 5.85. The normalized spacial score (nSPS) is 29.6. The van der Waals surface area contributed by atoms with Crippen LogP contribution in [0, 0.1) is 11.8 Å². The number of aliphatic hydroxyl groups is 1. The van der Waals surface area contributed by atoms with E-state index in [1.54, 1.807) is 6.20 Å². The summed E-state index contributed by atoms with van der Waals surface area (Å²) in [6, 6.07) is 0.135. The van der Waals surface area contributed by atoms with Gasteiger partial charge in [0.05, 0.1) is 25.1 Å². The minimum Gasteiger partial charge on any atom is -0.476 e. The molecule has 1 N–H and O–H groups in total. The highest BCUT2D eigenvalue weighted by molar-refractivity contribution is 5.92. The standard InChI is InChI=1S/C19H27N3O3/c23-17-6-2-1-4-14(17)16-5-3-9-22(16)19(24)15-10-21-18(11-20-15)25-12-13-7-8-13/h10-11,13-14,16-17,23H,1-9,12H2/t14-,16+,17-/m0/s1. The molecule has 1 aromatic heterocycles. The second-order valence-electron chi connectivity index (χ2n) is 7.72. The molecule has 25 heavy (non-hydrogen) atoms. The maximum Gasteiger partial charge on any atom is 0.274 e. The molecule has 3 atom stereocenters. The number of hydrogen-bond acceptors (Lipinski definition) is 5. The van der Waals surface area contributed by atoms with Crippen LogP contribution in [0.5, 0.6) is 5.88 Å². The largest absolute Gasteiger partial charge is 0.476 e. The molecule has 0 aromatic carbocycles. The van der Waals surface area contributed by atoms with Gasteiger partial charge in [-0.2, -0.15) is 0 Å². The van der Waals surface area contributed by atoms with Crippen molar-refractivity contribution < 1.29 is 14.6 Å². The zero-order valence-corrected chi connectivity index (χ0v) is 14.6. The molecule has 2 saturated carbocycles. The highest BCUT2D eigenvalue weighted by Crippen LogP contribution is 2.35. The molecule has 6 nitrogen and oxygen atoms in total. The van der Waals surface area contributed by atoms with Crippen LogP contribution in [-0.2, 0) is 0 Å². The van der Waals surface area contributed by atoms with E-state index in [0.29, 0.717) is 24.1 Å². The Morgan fingerprint density at radius 3 is 2.68 bits per heavy atom. The number of aromatic nitrogens is 2. The van der Waals surface area contributed by atoms with Gasteiger partial charge in [0.1, 0.15) is 5.69 Å². The van der Waals surface area contributed by atoms with Crippen molar-refractivity contribution in [2.45, 2.75) is 63.5 Å². The van der Waals surface area contributed by atoms with Crippen molar-refractivity contribution in [3.8, 4) is 5.88 Å². The molecule has 3 fully saturated rings. The molecule has 0 bridgehead atoms. The van der Waals surface area contributed by atoms with Crippen LogP contribution in [-0.4, -0.2) is 51.2 Å². The molecule has 4 rings (SSSR count). The third kappa shape index (κ3) is 3.78. The zero-order chi connectivity index (χ0) is 17.2. The van der Waals surface area contributed by atoms with E-state index >= 15 is 0 Å². The van der Waals surface area contributed by atoms with Gasteiger partial charge in [0.2, 0.25) is 5.88 Å². The number of aliphatic hydroxyl groups excluding tert-OH is 1. The summed E-state index contributed by atoms with van der Waals surface area (Å²) in [5.41, 5.74) is 0.371. The number of rotatable bonds is 5. The average molecular weight is 345 g/mol. The summed E-state index contributed by atoms with van der Waals surface area (Å²) in [4.78, 5) is 23.3. The van der Waals surface area contributed by atoms with Crippen molar-refractivity contribution in [3.05, 3.63) is 18.1 Å². The predicted molar refractivity (Wildman–Crippen MR) is 92.3 cm³/mol. The number of ether oxygens (including phenoxy) is 1. The van der Waals surface area contributed by atoms with Crippen LogP contribution in [0.15, 0.2) is 12.4 Å². The number of likely N-dealkylation sites (tertiary alicyclic amines) is 1. The lowest BCUT2D eigenvalue weighted by Gasteiger charge is -2.37. The highest BCUT2D eigenvalue weighted by atomic mass is 16.5. The first kappa shape index (κ1) is 16.8. The molecule has 1 amide bonds. The summed E-state index contributed by atoms with van der Waals surface area (Å²) in [5.74, 6) is 1.29. The van der Waals surface area contributed by atoms with Gasteiger partial charge in [0, 0.05) is 18.5 Å². The Kier molecular flexibility index (Phi) is 4.88. The predicted octanol–water partition coefficient (Wildman–Crippen LogP) is 2.42. The van der Waals surface area contributed by atoms with Crippen LogP contribution in [0.25, 0.3) is 0 Å². The SMILES string of the molecule is O=C(c1cnc(OCC2CC2)cn1)N1CCC[C@@H]1[C@@H]1CCCC[C@@H]1O. The van der Waals surface area contributed by atoms with Crippen molar-refractivity contribution in [2.24, 2.45) is 11.8 Å². The first-order chi connectivity index (χ1) is 12.2. The molecular formula is C19H27N3O3. The van der Waals surface area contributed by atoms with E-state index in [-0.39, 0.29) is 24.0 Å². The summed E-state index contributed by atoms with van der Waals surface area (Å²) in [6.07, 6.45) is 11.3. The van der Waals surface area contributed by atoms with Gasteiger partial charge in [-0.15, -0.1) is 0 Å². The molecule has 1 aliphatic heterocycles. The Labute approximate surface area is 148 Å². The Bertz CT molecular complexity index is 602. The Morgan fingerprint density at radius 2 is 1.96 bits per heavy atom. The van der Waals surface area contributed by atoms with Gasteiger partial charge in [-0.1, -0.05) is 12.8 Å². The van der Waals surface area contributed by atoms with Crippen LogP contribution < -0.4 is 4.74 Å². The van der Waals surface area contributed by atoms with Gasteiger partial charge in [-0.05, 0) is 44.4 Å². The van der Waals surface area contributed by atoms with Crippen molar-refractivity contribution in [1.82, 2.24) is 14.9 Å². The van der Waals surface area contributed by atoms with Gasteiger partial charge in [-0.3, -0.25) is 4.79 Å². The van der Waals surface area contributed by atoms with Crippen molar-refractivity contribution >= 4 is 5.91 Å². The lowest BCUT2D eigenvalue weighted by atomic mass is 9.80. The maximum atomic E-state index is 12.9. The van der Waals surface area contributed by atoms with Gasteiger partial charge in [0.15, 0.2) is 0 Å². The molecule has 1 saturated heterocycles. The average Bonchev–Trinajstić information content (AvgIpc) is 3.35. The molecular weight excluding hydrogens is 318 g/mol. The second kappa shape index (κ2) is 7.28. The molecule has 0 unspecified atom stereocenters. The maximum absolute atomic E-state index is 12.9. The highest BCUT2D eigenvalue weighted by Gasteiger charge is 2.39. The van der Waals surface area contributed by atoms with E-state index in [2.05, 4.69) is 9.97 Å². The minimum atomic E-state index is -0.281.